The molecule has 7 rings (SSSR count). The zero-order valence-electron chi connectivity index (χ0n) is 26.7. The van der Waals surface area contributed by atoms with Gasteiger partial charge in [-0.3, -0.25) is 9.58 Å². The minimum absolute atomic E-state index is 0.174. The molecule has 0 spiro atoms. The Labute approximate surface area is 279 Å². The summed E-state index contributed by atoms with van der Waals surface area (Å²) in [5, 5.41) is 13.0. The van der Waals surface area contributed by atoms with Gasteiger partial charge in [-0.05, 0) is 57.2 Å². The maximum atomic E-state index is 6.51. The highest BCUT2D eigenvalue weighted by molar-refractivity contribution is 6.32. The summed E-state index contributed by atoms with van der Waals surface area (Å²) in [5.41, 5.74) is 2.33. The van der Waals surface area contributed by atoms with Gasteiger partial charge in [0.2, 0.25) is 5.95 Å². The molecule has 1 N–H and O–H groups in total. The molecule has 3 fully saturated rings. The van der Waals surface area contributed by atoms with Gasteiger partial charge in [0.25, 0.3) is 5.88 Å². The summed E-state index contributed by atoms with van der Waals surface area (Å²) in [6, 6.07) is 8.44. The lowest BCUT2D eigenvalue weighted by atomic mass is 9.90. The molecule has 1 saturated carbocycles. The topological polar surface area (TPSA) is 126 Å². The van der Waals surface area contributed by atoms with Gasteiger partial charge in [0, 0.05) is 43.4 Å². The summed E-state index contributed by atoms with van der Waals surface area (Å²) >= 11 is 6.51. The molecule has 3 aliphatic rings. The van der Waals surface area contributed by atoms with Gasteiger partial charge in [-0.2, -0.15) is 5.10 Å². The predicted molar refractivity (Wildman–Crippen MR) is 176 cm³/mol. The fourth-order valence-corrected chi connectivity index (χ4v) is 6.76. The fraction of sp³-hybridized carbons (Fsp3) is 0.545. The van der Waals surface area contributed by atoms with Gasteiger partial charge >= 0.3 is 0 Å². The first-order valence-electron chi connectivity index (χ1n) is 16.6. The number of rotatable bonds is 12. The number of morpholine rings is 1. The first-order valence-corrected chi connectivity index (χ1v) is 17.0. The SMILES string of the molecule is C[C@@H](Cn1cncn1)Oc1cc(-c2ccnc(Nc3cn(C4CCC(N5CCOCC5)CC4)nc3OCC3CCOC3)n2)ccc1Cl. The van der Waals surface area contributed by atoms with E-state index in [0.29, 0.717) is 60.4 Å². The van der Waals surface area contributed by atoms with Crippen LogP contribution in [0.2, 0.25) is 5.02 Å². The van der Waals surface area contributed by atoms with Crippen molar-refractivity contribution in [2.45, 2.75) is 63.8 Å². The minimum atomic E-state index is -0.174. The largest absolute Gasteiger partial charge is 0.487 e. The molecule has 14 heteroatoms. The normalized spacial score (nSPS) is 22.6. The highest BCUT2D eigenvalue weighted by atomic mass is 35.5. The molecule has 0 bridgehead atoms. The molecule has 2 saturated heterocycles. The second kappa shape index (κ2) is 15.0. The summed E-state index contributed by atoms with van der Waals surface area (Å²) in [5.74, 6) is 1.94. The van der Waals surface area contributed by atoms with Crippen molar-refractivity contribution in [1.29, 1.82) is 0 Å². The van der Waals surface area contributed by atoms with Gasteiger partial charge < -0.3 is 24.3 Å². The third-order valence-electron chi connectivity index (χ3n) is 9.15. The molecule has 47 heavy (non-hydrogen) atoms. The Morgan fingerprint density at radius 2 is 1.89 bits per heavy atom. The highest BCUT2D eigenvalue weighted by Gasteiger charge is 2.29. The lowest BCUT2D eigenvalue weighted by molar-refractivity contribution is 0.00502. The number of nitrogens with zero attached hydrogens (tertiary/aromatic N) is 8. The zero-order valence-corrected chi connectivity index (χ0v) is 27.5. The second-order valence-corrected chi connectivity index (χ2v) is 13.0. The summed E-state index contributed by atoms with van der Waals surface area (Å²) in [4.78, 5) is 16.0. The maximum Gasteiger partial charge on any atom is 0.256 e. The van der Waals surface area contributed by atoms with Crippen LogP contribution in [0.1, 0.15) is 45.1 Å². The van der Waals surface area contributed by atoms with Crippen LogP contribution >= 0.6 is 11.6 Å². The Balaban J connectivity index is 1.06. The highest BCUT2D eigenvalue weighted by Crippen LogP contribution is 2.36. The Morgan fingerprint density at radius 3 is 2.68 bits per heavy atom. The maximum absolute atomic E-state index is 6.51. The van der Waals surface area contributed by atoms with Gasteiger partial charge in [-0.15, -0.1) is 5.10 Å². The lowest BCUT2D eigenvalue weighted by Crippen LogP contribution is -2.45. The molecule has 1 aromatic carbocycles. The number of anilines is 2. The third-order valence-corrected chi connectivity index (χ3v) is 9.46. The van der Waals surface area contributed by atoms with E-state index < -0.39 is 0 Å². The molecule has 1 unspecified atom stereocenters. The van der Waals surface area contributed by atoms with Gasteiger partial charge in [-0.1, -0.05) is 17.7 Å². The van der Waals surface area contributed by atoms with Crippen LogP contribution in [-0.4, -0.2) is 97.7 Å². The van der Waals surface area contributed by atoms with Gasteiger partial charge in [-0.25, -0.2) is 19.6 Å². The van der Waals surface area contributed by atoms with E-state index in [2.05, 4.69) is 30.0 Å². The molecule has 0 amide bonds. The van der Waals surface area contributed by atoms with Gasteiger partial charge in [0.05, 0.1) is 55.9 Å². The molecule has 5 heterocycles. The van der Waals surface area contributed by atoms with E-state index in [1.165, 1.54) is 6.33 Å². The zero-order chi connectivity index (χ0) is 32.0. The number of hydrogen-bond acceptors (Lipinski definition) is 11. The number of ether oxygens (including phenoxy) is 4. The molecule has 250 valence electrons. The van der Waals surface area contributed by atoms with Crippen molar-refractivity contribution >= 4 is 23.2 Å². The van der Waals surface area contributed by atoms with E-state index >= 15 is 0 Å². The molecule has 0 radical (unpaired) electrons. The minimum Gasteiger partial charge on any atom is -0.487 e. The quantitative estimate of drug-likeness (QED) is 0.219. The summed E-state index contributed by atoms with van der Waals surface area (Å²) in [6.07, 6.45) is 12.2. The van der Waals surface area contributed by atoms with Crippen LogP contribution in [0.5, 0.6) is 11.6 Å². The van der Waals surface area contributed by atoms with Crippen molar-refractivity contribution in [3.63, 3.8) is 0 Å². The summed E-state index contributed by atoms with van der Waals surface area (Å²) in [7, 11) is 0. The molecular weight excluding hydrogens is 622 g/mol. The van der Waals surface area contributed by atoms with E-state index in [4.69, 9.17) is 40.6 Å². The van der Waals surface area contributed by atoms with Crippen LogP contribution in [0.25, 0.3) is 11.3 Å². The van der Waals surface area contributed by atoms with Crippen LogP contribution in [-0.2, 0) is 16.0 Å². The fourth-order valence-electron chi connectivity index (χ4n) is 6.59. The van der Waals surface area contributed by atoms with Crippen molar-refractivity contribution in [3.05, 3.63) is 54.3 Å². The van der Waals surface area contributed by atoms with E-state index in [0.717, 1.165) is 82.0 Å². The number of benzene rings is 1. The average molecular weight is 664 g/mol. The monoisotopic (exact) mass is 663 g/mol. The Kier molecular flexibility index (Phi) is 10.1. The lowest BCUT2D eigenvalue weighted by Gasteiger charge is -2.38. The number of nitrogens with one attached hydrogen (secondary N) is 1. The van der Waals surface area contributed by atoms with Crippen LogP contribution in [0.4, 0.5) is 11.6 Å². The first kappa shape index (κ1) is 31.8. The van der Waals surface area contributed by atoms with Crippen LogP contribution in [0, 0.1) is 5.92 Å². The van der Waals surface area contributed by atoms with Crippen LogP contribution in [0.15, 0.2) is 49.3 Å². The van der Waals surface area contributed by atoms with Crippen LogP contribution < -0.4 is 14.8 Å². The number of halogens is 1. The molecule has 4 aromatic rings. The van der Waals surface area contributed by atoms with Gasteiger partial charge in [0.1, 0.15) is 30.2 Å². The third kappa shape index (κ3) is 8.03. The summed E-state index contributed by atoms with van der Waals surface area (Å²) in [6.45, 7) is 8.28. The molecule has 3 aromatic heterocycles. The van der Waals surface area contributed by atoms with Crippen molar-refractivity contribution in [1.82, 2.24) is 39.4 Å². The van der Waals surface area contributed by atoms with Crippen molar-refractivity contribution in [3.8, 4) is 22.9 Å². The Bertz CT molecular complexity index is 1580. The Hall–Kier alpha value is -3.78. The van der Waals surface area contributed by atoms with Gasteiger partial charge in [0.15, 0.2) is 0 Å². The van der Waals surface area contributed by atoms with E-state index in [-0.39, 0.29) is 6.10 Å². The van der Waals surface area contributed by atoms with Crippen molar-refractivity contribution in [2.75, 3.05) is 51.4 Å². The Morgan fingerprint density at radius 1 is 1.04 bits per heavy atom. The second-order valence-electron chi connectivity index (χ2n) is 12.6. The standard InChI is InChI=1S/C33H42ClN9O4/c1-23(17-42-22-35-21-37-42)47-31-16-25(2-7-28(31)34)29-8-10-36-33(38-29)39-30-18-43(40-32(30)46-20-24-9-13-45-19-24)27-5-3-26(4-6-27)41-11-14-44-15-12-41/h2,7-8,10,16,18,21-24,26-27H,3-6,9,11-15,17,19-20H2,1H3,(H,36,38,39)/t23-,24?,26?,27?/m0/s1. The molecular formula is C33H42ClN9O4. The van der Waals surface area contributed by atoms with Crippen LogP contribution in [0.3, 0.4) is 0 Å². The van der Waals surface area contributed by atoms with Crippen molar-refractivity contribution < 1.29 is 18.9 Å². The average Bonchev–Trinajstić information content (AvgIpc) is 3.89. The van der Waals surface area contributed by atoms with Crippen molar-refractivity contribution in [2.24, 2.45) is 5.92 Å². The predicted octanol–water partition coefficient (Wildman–Crippen LogP) is 5.03. The molecule has 1 aliphatic carbocycles. The van der Waals surface area contributed by atoms with E-state index in [9.17, 15) is 0 Å². The molecule has 2 aliphatic heterocycles. The first-order chi connectivity index (χ1) is 23.1. The number of aromatic nitrogens is 7. The molecule has 13 nitrogen and oxygen atoms in total. The number of hydrogen-bond donors (Lipinski definition) is 1. The summed E-state index contributed by atoms with van der Waals surface area (Å²) < 4.78 is 27.4. The van der Waals surface area contributed by atoms with E-state index in [1.807, 2.05) is 37.4 Å². The smallest absolute Gasteiger partial charge is 0.256 e. The molecule has 2 atom stereocenters. The van der Waals surface area contributed by atoms with E-state index in [1.54, 1.807) is 17.2 Å².